The fourth-order valence-electron chi connectivity index (χ4n) is 5.18. The predicted molar refractivity (Wildman–Crippen MR) is 148 cm³/mol. The van der Waals surface area contributed by atoms with Crippen LogP contribution in [0.4, 0.5) is 0 Å². The summed E-state index contributed by atoms with van der Waals surface area (Å²) in [6.45, 7) is 7.76. The maximum absolute atomic E-state index is 13.4. The van der Waals surface area contributed by atoms with Gasteiger partial charge in [0.1, 0.15) is 17.6 Å². The molecule has 210 valence electrons. The zero-order valence-corrected chi connectivity index (χ0v) is 23.3. The van der Waals surface area contributed by atoms with Gasteiger partial charge in [-0.3, -0.25) is 9.59 Å². The number of carbonyl (C=O) groups excluding carboxylic acids is 2. The van der Waals surface area contributed by atoms with Gasteiger partial charge in [0.05, 0.1) is 24.8 Å². The highest BCUT2D eigenvalue weighted by Crippen LogP contribution is 2.43. The van der Waals surface area contributed by atoms with Crippen LogP contribution in [0, 0.1) is 0 Å². The van der Waals surface area contributed by atoms with E-state index in [9.17, 15) is 14.7 Å². The second-order valence-corrected chi connectivity index (χ2v) is 9.99. The van der Waals surface area contributed by atoms with Crippen molar-refractivity contribution in [2.75, 3.05) is 33.5 Å². The van der Waals surface area contributed by atoms with Gasteiger partial charge in [0.25, 0.3) is 11.7 Å². The van der Waals surface area contributed by atoms with Crippen LogP contribution in [0.1, 0.15) is 69.2 Å². The van der Waals surface area contributed by atoms with Crippen molar-refractivity contribution in [2.24, 2.45) is 0 Å². The second kappa shape index (κ2) is 13.0. The van der Waals surface area contributed by atoms with Crippen molar-refractivity contribution in [3.8, 4) is 17.2 Å². The van der Waals surface area contributed by atoms with Gasteiger partial charge in [0, 0.05) is 32.2 Å². The third kappa shape index (κ3) is 6.22. The Morgan fingerprint density at radius 3 is 2.59 bits per heavy atom. The van der Waals surface area contributed by atoms with Crippen LogP contribution >= 0.6 is 0 Å². The monoisotopic (exact) mass is 537 g/mol. The Bertz CT molecular complexity index is 1220. The molecule has 8 heteroatoms. The van der Waals surface area contributed by atoms with Crippen molar-refractivity contribution >= 4 is 17.4 Å². The van der Waals surface area contributed by atoms with Crippen LogP contribution in [-0.4, -0.2) is 61.3 Å². The lowest BCUT2D eigenvalue weighted by molar-refractivity contribution is -0.140. The van der Waals surface area contributed by atoms with Crippen molar-refractivity contribution < 1.29 is 33.6 Å². The first kappa shape index (κ1) is 28.5. The van der Waals surface area contributed by atoms with E-state index in [0.717, 1.165) is 30.6 Å². The summed E-state index contributed by atoms with van der Waals surface area (Å²) in [5.74, 6) is 0.365. The first-order chi connectivity index (χ1) is 18.9. The molecule has 8 nitrogen and oxygen atoms in total. The van der Waals surface area contributed by atoms with Gasteiger partial charge in [-0.2, -0.15) is 0 Å². The Hall–Kier alpha value is -3.52. The lowest BCUT2D eigenvalue weighted by atomic mass is 9.94. The first-order valence-corrected chi connectivity index (χ1v) is 13.9. The van der Waals surface area contributed by atoms with E-state index < -0.39 is 17.7 Å². The van der Waals surface area contributed by atoms with Crippen molar-refractivity contribution in [3.05, 3.63) is 58.7 Å². The fraction of sp³-hybridized carbons (Fsp3) is 0.484. The first-order valence-electron chi connectivity index (χ1n) is 13.9. The summed E-state index contributed by atoms with van der Waals surface area (Å²) >= 11 is 0. The average Bonchev–Trinajstić information content (AvgIpc) is 3.42. The molecular formula is C31H39NO7. The molecule has 2 heterocycles. The maximum Gasteiger partial charge on any atom is 0.295 e. The molecule has 1 amide bonds. The van der Waals surface area contributed by atoms with Gasteiger partial charge < -0.3 is 29.0 Å². The number of hydrogen-bond donors (Lipinski definition) is 1. The molecule has 0 saturated carbocycles. The highest BCUT2D eigenvalue weighted by Gasteiger charge is 2.46. The number of aliphatic hydroxyl groups is 1. The summed E-state index contributed by atoms with van der Waals surface area (Å²) in [6, 6.07) is 10.0. The lowest BCUT2D eigenvalue weighted by Crippen LogP contribution is -2.31. The molecule has 1 fully saturated rings. The second-order valence-electron chi connectivity index (χ2n) is 9.99. The van der Waals surface area contributed by atoms with E-state index in [1.807, 2.05) is 38.1 Å². The normalized spacial score (nSPS) is 19.7. The van der Waals surface area contributed by atoms with E-state index in [0.29, 0.717) is 61.8 Å². The van der Waals surface area contributed by atoms with E-state index in [4.69, 9.17) is 18.9 Å². The van der Waals surface area contributed by atoms with E-state index in [1.54, 1.807) is 19.2 Å². The number of ketones is 1. The van der Waals surface area contributed by atoms with Gasteiger partial charge in [-0.05, 0) is 68.1 Å². The molecule has 2 unspecified atom stereocenters. The van der Waals surface area contributed by atoms with Gasteiger partial charge in [-0.25, -0.2) is 0 Å². The number of amides is 1. The summed E-state index contributed by atoms with van der Waals surface area (Å²) in [6.07, 6.45) is 4.41. The molecule has 0 bridgehead atoms. The molecule has 2 aromatic rings. The molecule has 2 aliphatic heterocycles. The SMILES string of the molecule is CCCCCOc1ccc(C2C(=C(O)c3ccc4c(c3)CC(C)O4)C(=O)C(=O)N2CCCOC)cc1OCC. The number of nitrogens with zero attached hydrogens (tertiary/aromatic N) is 1. The molecule has 2 aromatic carbocycles. The number of Topliss-reactive ketones (excluding diaryl/α,β-unsaturated/α-hetero) is 1. The Labute approximate surface area is 230 Å². The third-order valence-electron chi connectivity index (χ3n) is 7.05. The smallest absolute Gasteiger partial charge is 0.295 e. The minimum absolute atomic E-state index is 0.0449. The van der Waals surface area contributed by atoms with E-state index in [2.05, 4.69) is 6.92 Å². The van der Waals surface area contributed by atoms with Gasteiger partial charge in [-0.15, -0.1) is 0 Å². The number of benzene rings is 2. The standard InChI is InChI=1S/C31H39NO7/c1-5-7-8-16-38-25-13-10-21(19-26(25)37-6-2)28-27(30(34)31(35)32(28)14-9-15-36-4)29(33)22-11-12-24-23(18-22)17-20(3)39-24/h10-13,18-20,28,33H,5-9,14-17H2,1-4H3. The average molecular weight is 538 g/mol. The molecule has 0 aromatic heterocycles. The van der Waals surface area contributed by atoms with E-state index in [1.165, 1.54) is 4.90 Å². The maximum atomic E-state index is 13.4. The van der Waals surface area contributed by atoms with Crippen molar-refractivity contribution in [2.45, 2.75) is 65.0 Å². The third-order valence-corrected chi connectivity index (χ3v) is 7.05. The molecule has 4 rings (SSSR count). The zero-order valence-electron chi connectivity index (χ0n) is 23.3. The number of fused-ring (bicyclic) bond motifs is 1. The van der Waals surface area contributed by atoms with Gasteiger partial charge in [-0.1, -0.05) is 25.8 Å². The Balaban J connectivity index is 1.76. The Kier molecular flexibility index (Phi) is 9.51. The van der Waals surface area contributed by atoms with Crippen LogP contribution < -0.4 is 14.2 Å². The molecule has 2 atom stereocenters. The summed E-state index contributed by atoms with van der Waals surface area (Å²) in [5, 5.41) is 11.5. The minimum Gasteiger partial charge on any atom is -0.507 e. The zero-order chi connectivity index (χ0) is 27.9. The molecule has 0 aliphatic carbocycles. The fourth-order valence-corrected chi connectivity index (χ4v) is 5.18. The largest absolute Gasteiger partial charge is 0.507 e. The molecule has 2 aliphatic rings. The predicted octanol–water partition coefficient (Wildman–Crippen LogP) is 5.44. The quantitative estimate of drug-likeness (QED) is 0.157. The van der Waals surface area contributed by atoms with Crippen LogP contribution in [0.3, 0.4) is 0 Å². The number of unbranched alkanes of at least 4 members (excludes halogenated alkanes) is 2. The van der Waals surface area contributed by atoms with Crippen LogP contribution in [0.15, 0.2) is 42.0 Å². The van der Waals surface area contributed by atoms with Crippen molar-refractivity contribution in [1.29, 1.82) is 0 Å². The Morgan fingerprint density at radius 2 is 1.85 bits per heavy atom. The highest BCUT2D eigenvalue weighted by atomic mass is 16.5. The summed E-state index contributed by atoms with van der Waals surface area (Å²) in [5.41, 5.74) is 2.16. The van der Waals surface area contributed by atoms with E-state index >= 15 is 0 Å². The van der Waals surface area contributed by atoms with Crippen molar-refractivity contribution in [1.82, 2.24) is 4.90 Å². The van der Waals surface area contributed by atoms with Crippen LogP contribution in [0.2, 0.25) is 0 Å². The number of carbonyl (C=O) groups is 2. The molecule has 0 spiro atoms. The highest BCUT2D eigenvalue weighted by molar-refractivity contribution is 6.46. The van der Waals surface area contributed by atoms with Gasteiger partial charge in [0.2, 0.25) is 0 Å². The molecular weight excluding hydrogens is 498 g/mol. The summed E-state index contributed by atoms with van der Waals surface area (Å²) < 4.78 is 22.9. The molecule has 0 radical (unpaired) electrons. The Morgan fingerprint density at radius 1 is 1.03 bits per heavy atom. The van der Waals surface area contributed by atoms with Crippen LogP contribution in [0.25, 0.3) is 5.76 Å². The number of ether oxygens (including phenoxy) is 4. The lowest BCUT2D eigenvalue weighted by Gasteiger charge is -2.26. The molecule has 1 saturated heterocycles. The van der Waals surface area contributed by atoms with E-state index in [-0.39, 0.29) is 17.4 Å². The van der Waals surface area contributed by atoms with Crippen LogP contribution in [-0.2, 0) is 20.7 Å². The minimum atomic E-state index is -0.779. The van der Waals surface area contributed by atoms with Gasteiger partial charge in [0.15, 0.2) is 11.5 Å². The number of hydrogen-bond acceptors (Lipinski definition) is 7. The summed E-state index contributed by atoms with van der Waals surface area (Å²) in [7, 11) is 1.59. The molecule has 1 N–H and O–H groups in total. The summed E-state index contributed by atoms with van der Waals surface area (Å²) in [4.78, 5) is 28.2. The number of likely N-dealkylation sites (tertiary alicyclic amines) is 1. The topological polar surface area (TPSA) is 94.5 Å². The van der Waals surface area contributed by atoms with Gasteiger partial charge >= 0.3 is 0 Å². The number of rotatable bonds is 13. The van der Waals surface area contributed by atoms with Crippen molar-refractivity contribution in [3.63, 3.8) is 0 Å². The number of aliphatic hydroxyl groups excluding tert-OH is 1. The molecule has 39 heavy (non-hydrogen) atoms. The number of methoxy groups -OCH3 is 1. The van der Waals surface area contributed by atoms with Crippen LogP contribution in [0.5, 0.6) is 17.2 Å².